The zero-order valence-corrected chi connectivity index (χ0v) is 6.16. The summed E-state index contributed by atoms with van der Waals surface area (Å²) in [6.45, 7) is 1.55. The van der Waals surface area contributed by atoms with Gasteiger partial charge >= 0.3 is 0 Å². The van der Waals surface area contributed by atoms with E-state index in [-0.39, 0.29) is 24.6 Å². The van der Waals surface area contributed by atoms with E-state index in [1.165, 1.54) is 6.92 Å². The van der Waals surface area contributed by atoms with Crippen LogP contribution >= 0.6 is 0 Å². The molecule has 5 nitrogen and oxygen atoms in total. The highest BCUT2D eigenvalue weighted by atomic mass is 16.4. The third-order valence-electron chi connectivity index (χ3n) is 1.02. The number of Topliss-reactive ketones (excluding diaryl/α,β-unsaturated/α-hetero) is 1. The van der Waals surface area contributed by atoms with Gasteiger partial charge in [-0.2, -0.15) is 5.26 Å². The number of nitrogens with zero attached hydrogens (tertiary/aromatic N) is 2. The van der Waals surface area contributed by atoms with Crippen molar-refractivity contribution in [2.45, 2.75) is 6.92 Å². The van der Waals surface area contributed by atoms with Crippen LogP contribution in [0.3, 0.4) is 0 Å². The Morgan fingerprint density at radius 1 is 1.82 bits per heavy atom. The summed E-state index contributed by atoms with van der Waals surface area (Å²) in [5.41, 5.74) is 0.0280. The first-order valence-corrected chi connectivity index (χ1v) is 3.02. The summed E-state index contributed by atoms with van der Waals surface area (Å²) in [5, 5.41) is 21.7. The Kier molecular flexibility index (Phi) is 4.69. The molecule has 0 bridgehead atoms. The van der Waals surface area contributed by atoms with Crippen LogP contribution in [0, 0.1) is 11.3 Å². The van der Waals surface area contributed by atoms with Gasteiger partial charge in [0.2, 0.25) is 0 Å². The van der Waals surface area contributed by atoms with Gasteiger partial charge in [0.1, 0.15) is 5.71 Å². The van der Waals surface area contributed by atoms with Crippen molar-refractivity contribution in [1.82, 2.24) is 5.32 Å². The van der Waals surface area contributed by atoms with Gasteiger partial charge in [-0.3, -0.25) is 10.1 Å². The van der Waals surface area contributed by atoms with Gasteiger partial charge in [-0.1, -0.05) is 5.16 Å². The van der Waals surface area contributed by atoms with E-state index in [1.54, 1.807) is 0 Å². The van der Waals surface area contributed by atoms with E-state index in [0.717, 1.165) is 0 Å². The van der Waals surface area contributed by atoms with E-state index >= 15 is 0 Å². The van der Waals surface area contributed by atoms with Crippen LogP contribution < -0.4 is 5.32 Å². The Labute approximate surface area is 64.3 Å². The highest BCUT2D eigenvalue weighted by Gasteiger charge is 2.04. The van der Waals surface area contributed by atoms with E-state index in [4.69, 9.17) is 10.5 Å². The lowest BCUT2D eigenvalue weighted by Crippen LogP contribution is -2.27. The molecule has 0 unspecified atom stereocenters. The van der Waals surface area contributed by atoms with Crippen molar-refractivity contribution in [3.8, 4) is 6.07 Å². The first-order valence-electron chi connectivity index (χ1n) is 3.02. The van der Waals surface area contributed by atoms with Crippen LogP contribution in [-0.2, 0) is 4.79 Å². The third-order valence-corrected chi connectivity index (χ3v) is 1.02. The smallest absolute Gasteiger partial charge is 0.178 e. The lowest BCUT2D eigenvalue weighted by atomic mass is 10.3. The van der Waals surface area contributed by atoms with Gasteiger partial charge in [-0.15, -0.1) is 0 Å². The van der Waals surface area contributed by atoms with Crippen molar-refractivity contribution >= 4 is 11.5 Å². The average molecular weight is 155 g/mol. The maximum Gasteiger partial charge on any atom is 0.178 e. The zero-order chi connectivity index (χ0) is 8.69. The second-order valence-electron chi connectivity index (χ2n) is 1.86. The Morgan fingerprint density at radius 2 is 2.45 bits per heavy atom. The van der Waals surface area contributed by atoms with Crippen LogP contribution in [0.4, 0.5) is 0 Å². The van der Waals surface area contributed by atoms with E-state index in [0.29, 0.717) is 0 Å². The van der Waals surface area contributed by atoms with Crippen LogP contribution in [0.25, 0.3) is 0 Å². The number of nitrogens with one attached hydrogen (secondary N) is 1. The maximum absolute atomic E-state index is 10.6. The Balaban J connectivity index is 3.75. The Bertz CT molecular complexity index is 204. The standard InChI is InChI=1S/C6H9N3O2/c1-5(10)6(9-11)4-8-3-2-7/h8,11H,3-4H2,1H3. The van der Waals surface area contributed by atoms with Crippen LogP contribution in [0.2, 0.25) is 0 Å². The van der Waals surface area contributed by atoms with Gasteiger partial charge < -0.3 is 5.21 Å². The Morgan fingerprint density at radius 3 is 2.82 bits per heavy atom. The highest BCUT2D eigenvalue weighted by Crippen LogP contribution is 1.77. The molecule has 0 aromatic heterocycles. The fraction of sp³-hybridized carbons (Fsp3) is 0.500. The number of ketones is 1. The SMILES string of the molecule is CC(=O)C(CNCC#N)=NO. The van der Waals surface area contributed by atoms with Crippen molar-refractivity contribution in [1.29, 1.82) is 5.26 Å². The van der Waals surface area contributed by atoms with Crippen LogP contribution in [0.1, 0.15) is 6.92 Å². The molecule has 0 spiro atoms. The predicted molar refractivity (Wildman–Crippen MR) is 38.4 cm³/mol. The number of rotatable bonds is 4. The molecule has 0 aliphatic carbocycles. The normalized spacial score (nSPS) is 10.7. The highest BCUT2D eigenvalue weighted by molar-refractivity contribution is 6.39. The average Bonchev–Trinajstić information content (AvgIpc) is 1.97. The Hall–Kier alpha value is -1.41. The number of carbonyl (C=O) groups excluding carboxylic acids is 1. The molecular weight excluding hydrogens is 146 g/mol. The summed E-state index contributed by atoms with van der Waals surface area (Å²) in [5.74, 6) is -0.307. The third kappa shape index (κ3) is 4.06. The summed E-state index contributed by atoms with van der Waals surface area (Å²) in [7, 11) is 0. The maximum atomic E-state index is 10.6. The molecule has 2 N–H and O–H groups in total. The number of carbonyl (C=O) groups is 1. The minimum atomic E-state index is -0.307. The molecular formula is C6H9N3O2. The fourth-order valence-corrected chi connectivity index (χ4v) is 0.467. The lowest BCUT2D eigenvalue weighted by molar-refractivity contribution is -0.111. The lowest BCUT2D eigenvalue weighted by Gasteiger charge is -1.97. The minimum absolute atomic E-state index is 0.0280. The molecule has 0 atom stereocenters. The molecule has 0 saturated heterocycles. The minimum Gasteiger partial charge on any atom is -0.411 e. The molecule has 0 saturated carbocycles. The quantitative estimate of drug-likeness (QED) is 0.189. The molecule has 0 rings (SSSR count). The molecule has 5 heteroatoms. The monoisotopic (exact) mass is 155 g/mol. The number of nitriles is 1. The first kappa shape index (κ1) is 9.59. The summed E-state index contributed by atoms with van der Waals surface area (Å²) in [6, 6.07) is 1.83. The van der Waals surface area contributed by atoms with Gasteiger partial charge in [0, 0.05) is 13.5 Å². The summed E-state index contributed by atoms with van der Waals surface area (Å²) < 4.78 is 0. The largest absolute Gasteiger partial charge is 0.411 e. The zero-order valence-electron chi connectivity index (χ0n) is 6.16. The van der Waals surface area contributed by atoms with Crippen molar-refractivity contribution in [2.75, 3.05) is 13.1 Å². The molecule has 0 aromatic rings. The van der Waals surface area contributed by atoms with Gasteiger partial charge in [0.15, 0.2) is 5.78 Å². The molecule has 11 heavy (non-hydrogen) atoms. The molecule has 0 heterocycles. The van der Waals surface area contributed by atoms with E-state index < -0.39 is 0 Å². The number of hydrogen-bond acceptors (Lipinski definition) is 5. The fourth-order valence-electron chi connectivity index (χ4n) is 0.467. The van der Waals surface area contributed by atoms with Crippen molar-refractivity contribution in [3.05, 3.63) is 0 Å². The van der Waals surface area contributed by atoms with Crippen LogP contribution in [0.5, 0.6) is 0 Å². The van der Waals surface area contributed by atoms with Gasteiger partial charge in [-0.05, 0) is 0 Å². The van der Waals surface area contributed by atoms with Crippen molar-refractivity contribution in [2.24, 2.45) is 5.16 Å². The van der Waals surface area contributed by atoms with E-state index in [9.17, 15) is 4.79 Å². The predicted octanol–water partition coefficient (Wildman–Crippen LogP) is -0.481. The first-order chi connectivity index (χ1) is 5.22. The van der Waals surface area contributed by atoms with Gasteiger partial charge in [-0.25, -0.2) is 0 Å². The number of oxime groups is 1. The van der Waals surface area contributed by atoms with Gasteiger partial charge in [0.05, 0.1) is 12.6 Å². The van der Waals surface area contributed by atoms with Crippen molar-refractivity contribution < 1.29 is 10.0 Å². The number of hydrogen-bond donors (Lipinski definition) is 2. The molecule has 0 aliphatic heterocycles. The second kappa shape index (κ2) is 5.38. The topological polar surface area (TPSA) is 85.5 Å². The molecule has 0 aliphatic rings. The van der Waals surface area contributed by atoms with E-state index in [2.05, 4.69) is 10.5 Å². The molecule has 0 fully saturated rings. The molecule has 0 aromatic carbocycles. The molecule has 60 valence electrons. The summed E-state index contributed by atoms with van der Waals surface area (Å²) in [6.07, 6.45) is 0. The molecule has 0 radical (unpaired) electrons. The van der Waals surface area contributed by atoms with Crippen LogP contribution in [0.15, 0.2) is 5.16 Å². The van der Waals surface area contributed by atoms with Crippen LogP contribution in [-0.4, -0.2) is 29.8 Å². The van der Waals surface area contributed by atoms with E-state index in [1.807, 2.05) is 6.07 Å². The summed E-state index contributed by atoms with van der Waals surface area (Å²) in [4.78, 5) is 10.6. The van der Waals surface area contributed by atoms with Crippen molar-refractivity contribution in [3.63, 3.8) is 0 Å². The summed E-state index contributed by atoms with van der Waals surface area (Å²) >= 11 is 0. The molecule has 0 amide bonds. The van der Waals surface area contributed by atoms with Gasteiger partial charge in [0.25, 0.3) is 0 Å². The second-order valence-corrected chi connectivity index (χ2v) is 1.86.